The second-order valence-electron chi connectivity index (χ2n) is 14.7. The van der Waals surface area contributed by atoms with Crippen molar-refractivity contribution in [2.75, 3.05) is 0 Å². The van der Waals surface area contributed by atoms with Gasteiger partial charge in [0.25, 0.3) is 0 Å². The molecule has 3 radical (unpaired) electrons. The molecule has 1 heteroatoms. The molecule has 4 aliphatic carbocycles. The van der Waals surface area contributed by atoms with Gasteiger partial charge in [0.2, 0.25) is 0 Å². The van der Waals surface area contributed by atoms with Gasteiger partial charge in [-0.3, -0.25) is 0 Å². The van der Waals surface area contributed by atoms with Crippen molar-refractivity contribution in [3.05, 3.63) is 23.3 Å². The molecule has 0 nitrogen and oxygen atoms in total. The zero-order valence-corrected chi connectivity index (χ0v) is 49.1. The number of allylic oxidation sites excluding steroid dienone is 4. The summed E-state index contributed by atoms with van der Waals surface area (Å²) in [6.45, 7) is 65.0. The van der Waals surface area contributed by atoms with Crippen molar-refractivity contribution in [3.63, 3.8) is 0 Å². The van der Waals surface area contributed by atoms with E-state index in [1.807, 2.05) is 138 Å². The molecule has 0 bridgehead atoms. The summed E-state index contributed by atoms with van der Waals surface area (Å²) in [7, 11) is 0. The third kappa shape index (κ3) is 85.6. The Labute approximate surface area is 389 Å². The van der Waals surface area contributed by atoms with Crippen LogP contribution in [-0.4, -0.2) is 8.41 Å². The molecule has 0 saturated heterocycles. The lowest BCUT2D eigenvalue weighted by atomic mass is 9.82. The van der Waals surface area contributed by atoms with Crippen LogP contribution in [0.4, 0.5) is 0 Å². The van der Waals surface area contributed by atoms with Crippen LogP contribution < -0.4 is 0 Å². The standard InChI is InChI=1S/C9H18.C9H16.C8H16.C8H14.C4H10.10C2H6.B/c2*1-8(2)9-6-4-3-5-7-9;2*1-7(2)8-5-3-4-6-8;1-4(2)3;10*1-2;/h8-9H,3-7H2,1-2H3;6,8H,3-5,7H2,1-2H3;7-8H,3-6H2,1-2H3;5,7H,3-4,6H2,1-2H3;4H,1-3H3;10*1-2H3;. The van der Waals surface area contributed by atoms with E-state index in [1.165, 1.54) is 103 Å². The van der Waals surface area contributed by atoms with Gasteiger partial charge in [-0.15, -0.1) is 0 Å². The lowest BCUT2D eigenvalue weighted by molar-refractivity contribution is 0.279. The van der Waals surface area contributed by atoms with E-state index in [9.17, 15) is 0 Å². The van der Waals surface area contributed by atoms with E-state index in [0.717, 1.165) is 41.4 Å². The van der Waals surface area contributed by atoms with Crippen molar-refractivity contribution in [3.8, 4) is 0 Å². The van der Waals surface area contributed by atoms with Crippen LogP contribution in [0.3, 0.4) is 0 Å². The lowest BCUT2D eigenvalue weighted by Gasteiger charge is -2.24. The molecule has 0 aromatic carbocycles. The van der Waals surface area contributed by atoms with Crippen LogP contribution in [0.1, 0.15) is 317 Å². The van der Waals surface area contributed by atoms with E-state index >= 15 is 0 Å². The molecular formula is C58H134B. The monoisotopic (exact) mass is 842 g/mol. The van der Waals surface area contributed by atoms with Crippen LogP contribution in [0.25, 0.3) is 0 Å². The van der Waals surface area contributed by atoms with Gasteiger partial charge in [-0.1, -0.05) is 296 Å². The summed E-state index contributed by atoms with van der Waals surface area (Å²) in [4.78, 5) is 0. The summed E-state index contributed by atoms with van der Waals surface area (Å²) >= 11 is 0. The molecule has 0 N–H and O–H groups in total. The molecule has 0 aliphatic heterocycles. The summed E-state index contributed by atoms with van der Waals surface area (Å²) in [5.41, 5.74) is 3.35. The Kier molecular flexibility index (Phi) is 141. The van der Waals surface area contributed by atoms with Crippen LogP contribution in [0.5, 0.6) is 0 Å². The minimum absolute atomic E-state index is 0. The molecule has 2 saturated carbocycles. The molecule has 0 aromatic rings. The molecule has 2 fully saturated rings. The molecule has 0 atom stereocenters. The smallest absolute Gasteiger partial charge is 0 e. The summed E-state index contributed by atoms with van der Waals surface area (Å²) < 4.78 is 0. The fourth-order valence-corrected chi connectivity index (χ4v) is 6.03. The third-order valence-corrected chi connectivity index (χ3v) is 8.82. The molecule has 0 aromatic heterocycles. The number of rotatable bonds is 4. The first kappa shape index (κ1) is 89.5. The molecule has 4 rings (SSSR count). The molecule has 369 valence electrons. The van der Waals surface area contributed by atoms with Crippen molar-refractivity contribution >= 4 is 8.41 Å². The number of hydrogen-bond donors (Lipinski definition) is 0. The van der Waals surface area contributed by atoms with Crippen LogP contribution in [-0.2, 0) is 0 Å². The molecule has 0 amide bonds. The predicted octanol–water partition coefficient (Wildman–Crippen LogP) is 23.5. The largest absolute Gasteiger partial charge is 0.0851 e. The summed E-state index contributed by atoms with van der Waals surface area (Å²) in [6, 6.07) is 0. The van der Waals surface area contributed by atoms with Crippen molar-refractivity contribution in [1.29, 1.82) is 0 Å². The van der Waals surface area contributed by atoms with Gasteiger partial charge in [-0.2, -0.15) is 0 Å². The quantitative estimate of drug-likeness (QED) is 0.195. The molecule has 0 unspecified atom stereocenters. The summed E-state index contributed by atoms with van der Waals surface area (Å²) in [6.07, 6.45) is 27.9. The Bertz CT molecular complexity index is 578. The van der Waals surface area contributed by atoms with Crippen molar-refractivity contribution in [2.24, 2.45) is 41.4 Å². The Hall–Kier alpha value is -0.455. The fourth-order valence-electron chi connectivity index (χ4n) is 6.03. The Morgan fingerprint density at radius 1 is 0.322 bits per heavy atom. The van der Waals surface area contributed by atoms with E-state index in [1.54, 1.807) is 11.1 Å². The Morgan fingerprint density at radius 3 is 0.695 bits per heavy atom. The second kappa shape index (κ2) is 92.7. The van der Waals surface area contributed by atoms with E-state index in [0.29, 0.717) is 0 Å². The van der Waals surface area contributed by atoms with Crippen molar-refractivity contribution in [1.82, 2.24) is 0 Å². The maximum Gasteiger partial charge on any atom is 0 e. The van der Waals surface area contributed by atoms with Gasteiger partial charge in [0.1, 0.15) is 0 Å². The van der Waals surface area contributed by atoms with Crippen molar-refractivity contribution in [2.45, 2.75) is 317 Å². The van der Waals surface area contributed by atoms with Crippen LogP contribution >= 0.6 is 0 Å². The average Bonchev–Trinajstić information content (AvgIpc) is 4.06. The maximum absolute atomic E-state index is 2.42. The molecule has 4 aliphatic rings. The Morgan fingerprint density at radius 2 is 0.542 bits per heavy atom. The fraction of sp³-hybridized carbons (Fsp3) is 0.931. The minimum atomic E-state index is 0. The minimum Gasteiger partial charge on any atom is -0.0851 e. The molecular weight excluding hydrogens is 707 g/mol. The molecule has 59 heavy (non-hydrogen) atoms. The first-order chi connectivity index (χ1) is 28.0. The molecule has 0 spiro atoms. The first-order valence-corrected chi connectivity index (χ1v) is 27.3. The van der Waals surface area contributed by atoms with Gasteiger partial charge in [-0.05, 0) is 86.4 Å². The number of hydrogen-bond acceptors (Lipinski definition) is 0. The lowest BCUT2D eigenvalue weighted by Crippen LogP contribution is -2.12. The highest BCUT2D eigenvalue weighted by Crippen LogP contribution is 2.31. The van der Waals surface area contributed by atoms with E-state index in [2.05, 4.69) is 88.3 Å². The average molecular weight is 843 g/mol. The topological polar surface area (TPSA) is 0 Å². The van der Waals surface area contributed by atoms with Crippen LogP contribution in [0.2, 0.25) is 0 Å². The zero-order valence-electron chi connectivity index (χ0n) is 49.1. The summed E-state index contributed by atoms with van der Waals surface area (Å²) in [5.74, 6) is 6.43. The van der Waals surface area contributed by atoms with Crippen molar-refractivity contribution < 1.29 is 0 Å². The molecule has 0 heterocycles. The van der Waals surface area contributed by atoms with E-state index < -0.39 is 0 Å². The highest BCUT2D eigenvalue weighted by Gasteiger charge is 2.17. The highest BCUT2D eigenvalue weighted by atomic mass is 14.2. The van der Waals surface area contributed by atoms with Gasteiger partial charge in [0.15, 0.2) is 0 Å². The van der Waals surface area contributed by atoms with Gasteiger partial charge in [0.05, 0.1) is 0 Å². The van der Waals surface area contributed by atoms with Gasteiger partial charge < -0.3 is 0 Å². The van der Waals surface area contributed by atoms with E-state index in [4.69, 9.17) is 0 Å². The second-order valence-corrected chi connectivity index (χ2v) is 14.7. The maximum atomic E-state index is 2.42. The predicted molar refractivity (Wildman–Crippen MR) is 296 cm³/mol. The van der Waals surface area contributed by atoms with E-state index in [-0.39, 0.29) is 8.41 Å². The normalized spacial score (nSPS) is 14.0. The van der Waals surface area contributed by atoms with Gasteiger partial charge >= 0.3 is 0 Å². The first-order valence-electron chi connectivity index (χ1n) is 27.3. The SMILES string of the molecule is CC.CC.CC.CC.CC.CC.CC.CC.CC.CC.CC(C)C.CC(C)C1=CCCC1.CC(C)C1=CCCCC1.CC(C)C1CCCC1.CC(C)C1CCCCC1.[B]. The van der Waals surface area contributed by atoms with Gasteiger partial charge in [-0.25, -0.2) is 0 Å². The third-order valence-electron chi connectivity index (χ3n) is 8.82. The van der Waals surface area contributed by atoms with Crippen LogP contribution in [0, 0.1) is 41.4 Å². The van der Waals surface area contributed by atoms with Gasteiger partial charge in [0, 0.05) is 8.41 Å². The van der Waals surface area contributed by atoms with Crippen LogP contribution in [0.15, 0.2) is 23.3 Å². The summed E-state index contributed by atoms with van der Waals surface area (Å²) in [5, 5.41) is 0. The highest BCUT2D eigenvalue weighted by molar-refractivity contribution is 5.75. The zero-order chi connectivity index (χ0) is 48.9. The Balaban J connectivity index is -0.0000000425.